The highest BCUT2D eigenvalue weighted by molar-refractivity contribution is 5.90. The second-order valence-electron chi connectivity index (χ2n) is 14.8. The van der Waals surface area contributed by atoms with Gasteiger partial charge in [-0.2, -0.15) is 0 Å². The average Bonchev–Trinajstić information content (AvgIpc) is 2.89. The summed E-state index contributed by atoms with van der Waals surface area (Å²) in [4.78, 5) is 0. The summed E-state index contributed by atoms with van der Waals surface area (Å²) in [7, 11) is 0. The van der Waals surface area contributed by atoms with E-state index >= 15 is 0 Å². The third kappa shape index (κ3) is 3.84. The first-order valence-corrected chi connectivity index (χ1v) is 15.2. The van der Waals surface area contributed by atoms with Crippen molar-refractivity contribution in [2.24, 2.45) is 11.8 Å². The smallest absolute Gasteiger partial charge is 0.0463 e. The summed E-state index contributed by atoms with van der Waals surface area (Å²) in [6.07, 6.45) is 9.86. The fourth-order valence-electron chi connectivity index (χ4n) is 7.45. The quantitative estimate of drug-likeness (QED) is 0.334. The maximum Gasteiger partial charge on any atom is 0.0463 e. The minimum atomic E-state index is 0.0650. The van der Waals surface area contributed by atoms with Crippen LogP contribution in [0.3, 0.4) is 0 Å². The number of rotatable bonds is 8. The third-order valence-corrected chi connectivity index (χ3v) is 10.2. The molecule has 0 spiro atoms. The van der Waals surface area contributed by atoms with E-state index in [1.165, 1.54) is 47.9 Å². The van der Waals surface area contributed by atoms with Gasteiger partial charge in [-0.25, -0.2) is 0 Å². The molecule has 4 atom stereocenters. The number of hydrogen-bond donors (Lipinski definition) is 0. The number of fused-ring (bicyclic) bond motifs is 1. The van der Waals surface area contributed by atoms with Crippen molar-refractivity contribution in [1.82, 2.24) is 0 Å². The second-order valence-corrected chi connectivity index (χ2v) is 14.8. The van der Waals surface area contributed by atoms with Crippen LogP contribution in [0.25, 0.3) is 0 Å². The molecule has 0 fully saturated rings. The molecule has 0 heteroatoms. The molecule has 2 aromatic carbocycles. The first-order chi connectivity index (χ1) is 17.8. The van der Waals surface area contributed by atoms with Crippen LogP contribution in [0, 0.1) is 11.8 Å². The first kappa shape index (κ1) is 27.2. The molecule has 4 bridgehead atoms. The number of hydrogen-bond acceptors (Lipinski definition) is 0. The van der Waals surface area contributed by atoms with Crippen LogP contribution in [0.4, 0.5) is 0 Å². The molecule has 0 amide bonds. The van der Waals surface area contributed by atoms with Crippen molar-refractivity contribution in [3.63, 3.8) is 0 Å². The molecule has 4 aliphatic carbocycles. The fraction of sp³-hybridized carbons (Fsp3) is 0.526. The predicted octanol–water partition coefficient (Wildman–Crippen LogP) is 10.5. The Morgan fingerprint density at radius 1 is 0.553 bits per heavy atom. The van der Waals surface area contributed by atoms with Gasteiger partial charge in [0.05, 0.1) is 0 Å². The maximum atomic E-state index is 2.50. The van der Waals surface area contributed by atoms with Crippen LogP contribution >= 0.6 is 0 Å². The van der Waals surface area contributed by atoms with Gasteiger partial charge < -0.3 is 0 Å². The lowest BCUT2D eigenvalue weighted by Crippen LogP contribution is -2.60. The summed E-state index contributed by atoms with van der Waals surface area (Å²) >= 11 is 0. The highest BCUT2D eigenvalue weighted by Crippen LogP contribution is 2.76. The molecule has 0 aromatic heterocycles. The summed E-state index contributed by atoms with van der Waals surface area (Å²) < 4.78 is 0. The van der Waals surface area contributed by atoms with Gasteiger partial charge in [-0.15, -0.1) is 0 Å². The summed E-state index contributed by atoms with van der Waals surface area (Å²) in [5.74, 6) is 1.37. The second kappa shape index (κ2) is 9.11. The van der Waals surface area contributed by atoms with E-state index in [-0.39, 0.29) is 21.7 Å². The van der Waals surface area contributed by atoms with Crippen molar-refractivity contribution in [2.45, 2.75) is 117 Å². The van der Waals surface area contributed by atoms with E-state index in [0.717, 1.165) is 0 Å². The van der Waals surface area contributed by atoms with Gasteiger partial charge in [0, 0.05) is 10.8 Å². The molecular formula is C38H50. The van der Waals surface area contributed by atoms with E-state index in [1.807, 2.05) is 0 Å². The lowest BCUT2D eigenvalue weighted by atomic mass is 9.34. The van der Waals surface area contributed by atoms with Crippen LogP contribution in [-0.2, 0) is 21.7 Å². The van der Waals surface area contributed by atoms with Crippen molar-refractivity contribution in [3.8, 4) is 0 Å². The zero-order chi connectivity index (χ0) is 27.7. The van der Waals surface area contributed by atoms with E-state index in [4.69, 9.17) is 0 Å². The standard InChI is InChI=1S/C38H50/c1-11-25(3)23-37(29-17-13-27(14-18-29)35(5,6)7)31-21-22-32-33(37)34(31)38(32,24-26(4)12-2)30-19-15-28(16-20-30)36(8,9)10/h13-22,25-26H,11-12,23-24H2,1-10H3. The monoisotopic (exact) mass is 506 g/mol. The largest absolute Gasteiger partial charge is 0.0651 e. The van der Waals surface area contributed by atoms with Crippen molar-refractivity contribution < 1.29 is 0 Å². The third-order valence-electron chi connectivity index (χ3n) is 10.2. The number of benzene rings is 2. The molecular weight excluding hydrogens is 456 g/mol. The SMILES string of the molecule is CCC(C)CC1(c2ccc(C(C)(C)C)cc2)c2ccc3c1c2C3(CC(C)CC)c1ccc(C(C)(C)C)cc1. The molecule has 202 valence electrons. The predicted molar refractivity (Wildman–Crippen MR) is 165 cm³/mol. The summed E-state index contributed by atoms with van der Waals surface area (Å²) in [6, 6.07) is 19.4. The zero-order valence-electron chi connectivity index (χ0n) is 25.8. The molecule has 0 nitrogen and oxygen atoms in total. The van der Waals surface area contributed by atoms with Gasteiger partial charge in [-0.1, -0.05) is 143 Å². The van der Waals surface area contributed by atoms with Gasteiger partial charge in [-0.05, 0) is 80.1 Å². The maximum absolute atomic E-state index is 2.50. The van der Waals surface area contributed by atoms with Crippen LogP contribution in [-0.4, -0.2) is 0 Å². The van der Waals surface area contributed by atoms with Crippen LogP contribution in [0.15, 0.2) is 83.0 Å². The first-order valence-electron chi connectivity index (χ1n) is 15.2. The van der Waals surface area contributed by atoms with Gasteiger partial charge in [0.1, 0.15) is 0 Å². The normalized spacial score (nSPS) is 25.7. The highest BCUT2D eigenvalue weighted by atomic mass is 14.7. The topological polar surface area (TPSA) is 0 Å². The van der Waals surface area contributed by atoms with E-state index < -0.39 is 0 Å². The molecule has 0 radical (unpaired) electrons. The molecule has 0 aliphatic heterocycles. The van der Waals surface area contributed by atoms with Crippen molar-refractivity contribution in [1.29, 1.82) is 0 Å². The Hall–Kier alpha value is -2.34. The van der Waals surface area contributed by atoms with E-state index in [0.29, 0.717) is 11.8 Å². The summed E-state index contributed by atoms with van der Waals surface area (Å²) in [5, 5.41) is 0. The van der Waals surface area contributed by atoms with Gasteiger partial charge in [0.2, 0.25) is 0 Å². The molecule has 4 aliphatic rings. The Labute approximate surface area is 233 Å². The van der Waals surface area contributed by atoms with Crippen molar-refractivity contribution >= 4 is 0 Å². The van der Waals surface area contributed by atoms with Gasteiger partial charge in [0.25, 0.3) is 0 Å². The highest BCUT2D eigenvalue weighted by Gasteiger charge is 2.68. The Morgan fingerprint density at radius 3 is 1.11 bits per heavy atom. The van der Waals surface area contributed by atoms with Crippen LogP contribution in [0.1, 0.15) is 117 Å². The molecule has 38 heavy (non-hydrogen) atoms. The van der Waals surface area contributed by atoms with E-state index in [9.17, 15) is 0 Å². The Kier molecular flexibility index (Phi) is 6.53. The lowest BCUT2D eigenvalue weighted by Gasteiger charge is -2.68. The molecule has 4 unspecified atom stereocenters. The minimum Gasteiger partial charge on any atom is -0.0651 e. The Morgan fingerprint density at radius 2 is 0.868 bits per heavy atom. The minimum absolute atomic E-state index is 0.0650. The average molecular weight is 507 g/mol. The molecule has 6 rings (SSSR count). The zero-order valence-corrected chi connectivity index (χ0v) is 25.8. The van der Waals surface area contributed by atoms with E-state index in [1.54, 1.807) is 22.3 Å². The molecule has 0 saturated carbocycles. The fourth-order valence-corrected chi connectivity index (χ4v) is 7.45. The molecule has 0 saturated heterocycles. The van der Waals surface area contributed by atoms with Crippen molar-refractivity contribution in [2.75, 3.05) is 0 Å². The van der Waals surface area contributed by atoms with E-state index in [2.05, 4.69) is 130 Å². The Balaban J connectivity index is 1.65. The van der Waals surface area contributed by atoms with Crippen LogP contribution in [0.2, 0.25) is 0 Å². The molecule has 2 aromatic rings. The van der Waals surface area contributed by atoms with Gasteiger partial charge in [-0.3, -0.25) is 0 Å². The summed E-state index contributed by atoms with van der Waals surface area (Å²) in [6.45, 7) is 23.5. The van der Waals surface area contributed by atoms with Gasteiger partial charge >= 0.3 is 0 Å². The van der Waals surface area contributed by atoms with Crippen LogP contribution < -0.4 is 0 Å². The lowest BCUT2D eigenvalue weighted by molar-refractivity contribution is 0.297. The van der Waals surface area contributed by atoms with Gasteiger partial charge in [0.15, 0.2) is 0 Å². The molecule has 0 N–H and O–H groups in total. The van der Waals surface area contributed by atoms with Crippen LogP contribution in [0.5, 0.6) is 0 Å². The summed E-state index contributed by atoms with van der Waals surface area (Å²) in [5.41, 5.74) is 12.9. The van der Waals surface area contributed by atoms with Crippen molar-refractivity contribution in [3.05, 3.63) is 105 Å². The Bertz CT molecular complexity index is 1190. The molecule has 0 heterocycles. The number of allylic oxidation sites excluding steroid dienone is 6.